The van der Waals surface area contributed by atoms with Gasteiger partial charge in [0.2, 0.25) is 0 Å². The molecule has 130 valence electrons. The van der Waals surface area contributed by atoms with Crippen LogP contribution in [0.2, 0.25) is 0 Å². The highest BCUT2D eigenvalue weighted by molar-refractivity contribution is 4.50. The standard InChI is InChI=1S/C18H39N.C2H6/c1-3-5-6-7-8-9-10-11-12-13-14-15-16-17-18-19-4-2;1-2/h19H,3-18H2,1-2H3;1-2H3. The molecule has 0 atom stereocenters. The van der Waals surface area contributed by atoms with Crippen LogP contribution in [0.15, 0.2) is 0 Å². The summed E-state index contributed by atoms with van der Waals surface area (Å²) >= 11 is 0. The molecule has 0 spiro atoms. The van der Waals surface area contributed by atoms with Crippen LogP contribution >= 0.6 is 0 Å². The summed E-state index contributed by atoms with van der Waals surface area (Å²) in [5.74, 6) is 0. The van der Waals surface area contributed by atoms with Gasteiger partial charge in [-0.05, 0) is 19.5 Å². The highest BCUT2D eigenvalue weighted by atomic mass is 14.8. The molecule has 0 radical (unpaired) electrons. The zero-order valence-electron chi connectivity index (χ0n) is 15.8. The van der Waals surface area contributed by atoms with Gasteiger partial charge in [0, 0.05) is 0 Å². The molecule has 0 saturated heterocycles. The van der Waals surface area contributed by atoms with Crippen molar-refractivity contribution in [2.24, 2.45) is 0 Å². The van der Waals surface area contributed by atoms with Gasteiger partial charge >= 0.3 is 0 Å². The molecule has 0 aromatic carbocycles. The average Bonchev–Trinajstić information content (AvgIpc) is 2.53. The van der Waals surface area contributed by atoms with Crippen LogP contribution in [0.3, 0.4) is 0 Å². The fourth-order valence-electron chi connectivity index (χ4n) is 2.62. The summed E-state index contributed by atoms with van der Waals surface area (Å²) in [4.78, 5) is 0. The largest absolute Gasteiger partial charge is 0.317 e. The smallest absolute Gasteiger partial charge is 0.00490 e. The van der Waals surface area contributed by atoms with Crippen LogP contribution in [0, 0.1) is 0 Å². The van der Waals surface area contributed by atoms with E-state index in [1.54, 1.807) is 0 Å². The molecule has 0 aromatic rings. The van der Waals surface area contributed by atoms with Gasteiger partial charge in [0.25, 0.3) is 0 Å². The fourth-order valence-corrected chi connectivity index (χ4v) is 2.62. The summed E-state index contributed by atoms with van der Waals surface area (Å²) in [5.41, 5.74) is 0. The second kappa shape index (κ2) is 24.9. The number of hydrogen-bond donors (Lipinski definition) is 1. The Morgan fingerprint density at radius 2 is 0.810 bits per heavy atom. The first-order chi connectivity index (χ1) is 10.4. The second-order valence-corrected chi connectivity index (χ2v) is 5.95. The first kappa shape index (κ1) is 23.2. The van der Waals surface area contributed by atoms with Crippen LogP contribution < -0.4 is 5.32 Å². The molecule has 0 aliphatic heterocycles. The molecular formula is C20H45N. The topological polar surface area (TPSA) is 12.0 Å². The third kappa shape index (κ3) is 25.3. The minimum Gasteiger partial charge on any atom is -0.317 e. The fraction of sp³-hybridized carbons (Fsp3) is 1.00. The maximum atomic E-state index is 3.39. The molecule has 0 fully saturated rings. The highest BCUT2D eigenvalue weighted by Crippen LogP contribution is 2.12. The lowest BCUT2D eigenvalue weighted by Gasteiger charge is -2.03. The van der Waals surface area contributed by atoms with Gasteiger partial charge in [-0.15, -0.1) is 0 Å². The summed E-state index contributed by atoms with van der Waals surface area (Å²) in [7, 11) is 0. The van der Waals surface area contributed by atoms with Crippen LogP contribution in [0.1, 0.15) is 118 Å². The molecule has 0 rings (SSSR count). The summed E-state index contributed by atoms with van der Waals surface area (Å²) < 4.78 is 0. The van der Waals surface area contributed by atoms with E-state index in [1.807, 2.05) is 13.8 Å². The third-order valence-electron chi connectivity index (χ3n) is 3.96. The van der Waals surface area contributed by atoms with Gasteiger partial charge in [-0.1, -0.05) is 111 Å². The predicted octanol–water partition coefficient (Wildman–Crippen LogP) is 7.10. The molecule has 21 heavy (non-hydrogen) atoms. The lowest BCUT2D eigenvalue weighted by atomic mass is 10.0. The molecule has 0 heterocycles. The molecule has 0 aliphatic carbocycles. The molecule has 1 nitrogen and oxygen atoms in total. The van der Waals surface area contributed by atoms with E-state index >= 15 is 0 Å². The van der Waals surface area contributed by atoms with Crippen molar-refractivity contribution in [3.8, 4) is 0 Å². The predicted molar refractivity (Wildman–Crippen MR) is 100 cm³/mol. The molecule has 0 bridgehead atoms. The van der Waals surface area contributed by atoms with Crippen molar-refractivity contribution >= 4 is 0 Å². The minimum atomic E-state index is 1.12. The maximum Gasteiger partial charge on any atom is -0.00490 e. The van der Waals surface area contributed by atoms with Gasteiger partial charge in [0.05, 0.1) is 0 Å². The molecule has 0 amide bonds. The van der Waals surface area contributed by atoms with E-state index in [0.29, 0.717) is 0 Å². The van der Waals surface area contributed by atoms with E-state index < -0.39 is 0 Å². The van der Waals surface area contributed by atoms with E-state index in [2.05, 4.69) is 19.2 Å². The van der Waals surface area contributed by atoms with Crippen molar-refractivity contribution < 1.29 is 0 Å². The Kier molecular flexibility index (Phi) is 27.6. The van der Waals surface area contributed by atoms with Crippen molar-refractivity contribution in [3.63, 3.8) is 0 Å². The van der Waals surface area contributed by atoms with Crippen molar-refractivity contribution in [3.05, 3.63) is 0 Å². The molecule has 0 saturated carbocycles. The maximum absolute atomic E-state index is 3.39. The molecular weight excluding hydrogens is 254 g/mol. The Bertz CT molecular complexity index is 129. The lowest BCUT2D eigenvalue weighted by molar-refractivity contribution is 0.531. The Labute approximate surface area is 136 Å². The zero-order chi connectivity index (χ0) is 16.0. The monoisotopic (exact) mass is 299 g/mol. The summed E-state index contributed by atoms with van der Waals surface area (Å²) in [6.45, 7) is 10.8. The van der Waals surface area contributed by atoms with E-state index in [0.717, 1.165) is 6.54 Å². The molecule has 1 N–H and O–H groups in total. The normalized spacial score (nSPS) is 10.3. The Morgan fingerprint density at radius 3 is 1.14 bits per heavy atom. The van der Waals surface area contributed by atoms with E-state index in [4.69, 9.17) is 0 Å². The van der Waals surface area contributed by atoms with Gasteiger partial charge in [-0.25, -0.2) is 0 Å². The van der Waals surface area contributed by atoms with E-state index in [-0.39, 0.29) is 0 Å². The third-order valence-corrected chi connectivity index (χ3v) is 3.96. The molecule has 0 aliphatic rings. The van der Waals surface area contributed by atoms with Gasteiger partial charge in [0.15, 0.2) is 0 Å². The number of rotatable bonds is 16. The van der Waals surface area contributed by atoms with Crippen molar-refractivity contribution in [1.82, 2.24) is 5.32 Å². The average molecular weight is 300 g/mol. The first-order valence-corrected chi connectivity index (χ1v) is 10.1. The minimum absolute atomic E-state index is 1.12. The molecule has 1 heteroatoms. The van der Waals surface area contributed by atoms with Crippen LogP contribution in [0.25, 0.3) is 0 Å². The van der Waals surface area contributed by atoms with Crippen molar-refractivity contribution in [1.29, 1.82) is 0 Å². The van der Waals surface area contributed by atoms with Gasteiger partial charge in [-0.2, -0.15) is 0 Å². The Hall–Kier alpha value is -0.0400. The Morgan fingerprint density at radius 1 is 0.476 bits per heavy atom. The molecule has 0 aromatic heterocycles. The number of hydrogen-bond acceptors (Lipinski definition) is 1. The lowest BCUT2D eigenvalue weighted by Crippen LogP contribution is -2.13. The SMILES string of the molecule is CC.CCCCCCCCCCCCCCCCNCC. The van der Waals surface area contributed by atoms with Gasteiger partial charge < -0.3 is 5.32 Å². The first-order valence-electron chi connectivity index (χ1n) is 10.1. The summed E-state index contributed by atoms with van der Waals surface area (Å²) in [5, 5.41) is 3.39. The van der Waals surface area contributed by atoms with Crippen LogP contribution in [-0.2, 0) is 0 Å². The van der Waals surface area contributed by atoms with Crippen LogP contribution in [-0.4, -0.2) is 13.1 Å². The van der Waals surface area contributed by atoms with Crippen LogP contribution in [0.4, 0.5) is 0 Å². The second-order valence-electron chi connectivity index (χ2n) is 5.95. The highest BCUT2D eigenvalue weighted by Gasteiger charge is 1.93. The molecule has 0 unspecified atom stereocenters. The van der Waals surface area contributed by atoms with Gasteiger partial charge in [-0.3, -0.25) is 0 Å². The number of unbranched alkanes of at least 4 members (excludes halogenated alkanes) is 13. The van der Waals surface area contributed by atoms with Crippen molar-refractivity contribution in [2.75, 3.05) is 13.1 Å². The summed E-state index contributed by atoms with van der Waals surface area (Å²) in [6.07, 6.45) is 20.3. The Balaban J connectivity index is 0. The van der Waals surface area contributed by atoms with E-state index in [1.165, 1.54) is 96.4 Å². The van der Waals surface area contributed by atoms with Crippen molar-refractivity contribution in [2.45, 2.75) is 118 Å². The van der Waals surface area contributed by atoms with Crippen LogP contribution in [0.5, 0.6) is 0 Å². The quantitative estimate of drug-likeness (QED) is 0.300. The zero-order valence-corrected chi connectivity index (χ0v) is 15.8. The van der Waals surface area contributed by atoms with Gasteiger partial charge in [0.1, 0.15) is 0 Å². The number of nitrogens with one attached hydrogen (secondary N) is 1. The summed E-state index contributed by atoms with van der Waals surface area (Å²) in [6, 6.07) is 0. The van der Waals surface area contributed by atoms with E-state index in [9.17, 15) is 0 Å².